The third-order valence-electron chi connectivity index (χ3n) is 12.4. The molecule has 9 nitrogen and oxygen atoms in total. The van der Waals surface area contributed by atoms with Gasteiger partial charge in [-0.1, -0.05) is 43.4 Å². The fourth-order valence-corrected chi connectivity index (χ4v) is 8.97. The van der Waals surface area contributed by atoms with Gasteiger partial charge in [0.1, 0.15) is 6.10 Å². The van der Waals surface area contributed by atoms with Gasteiger partial charge in [0.05, 0.1) is 65.6 Å². The van der Waals surface area contributed by atoms with Gasteiger partial charge in [-0.25, -0.2) is 0 Å². The topological polar surface area (TPSA) is 105 Å². The maximum atomic E-state index is 11.8. The largest absolute Gasteiger partial charge is 0.390 e. The number of ether oxygens (including phenoxy) is 7. The van der Waals surface area contributed by atoms with Gasteiger partial charge in [-0.05, 0) is 110 Å². The van der Waals surface area contributed by atoms with Crippen LogP contribution in [0.2, 0.25) is 0 Å². The van der Waals surface area contributed by atoms with Crippen LogP contribution in [0.3, 0.4) is 0 Å². The van der Waals surface area contributed by atoms with E-state index in [-0.39, 0.29) is 49.0 Å². The summed E-state index contributed by atoms with van der Waals surface area (Å²) < 4.78 is 45.0. The van der Waals surface area contributed by atoms with Crippen LogP contribution in [0, 0.1) is 5.92 Å². The van der Waals surface area contributed by atoms with Gasteiger partial charge >= 0.3 is 0 Å². The van der Waals surface area contributed by atoms with E-state index >= 15 is 0 Å². The first-order valence-corrected chi connectivity index (χ1v) is 19.1. The Morgan fingerprint density at radius 1 is 0.880 bits per heavy atom. The van der Waals surface area contributed by atoms with E-state index in [4.69, 9.17) is 33.2 Å². The average molecular weight is 703 g/mol. The molecule has 5 rings (SSSR count). The lowest BCUT2D eigenvalue weighted by Crippen LogP contribution is -2.59. The average Bonchev–Trinajstić information content (AvgIpc) is 3.33. The van der Waals surface area contributed by atoms with Gasteiger partial charge in [0, 0.05) is 27.1 Å². The van der Waals surface area contributed by atoms with Crippen molar-refractivity contribution in [1.29, 1.82) is 0 Å². The lowest BCUT2D eigenvalue weighted by Gasteiger charge is -2.49. The van der Waals surface area contributed by atoms with E-state index in [9.17, 15) is 10.2 Å². The molecule has 13 atom stereocenters. The monoisotopic (exact) mass is 702 g/mol. The van der Waals surface area contributed by atoms with Crippen LogP contribution in [-0.4, -0.2) is 102 Å². The molecule has 50 heavy (non-hydrogen) atoms. The van der Waals surface area contributed by atoms with Gasteiger partial charge in [-0.3, -0.25) is 0 Å². The second-order valence-electron chi connectivity index (χ2n) is 16.4. The Bertz CT molecular complexity index is 1220. The smallest absolute Gasteiger partial charge is 0.176 e. The SMILES string of the molecule is C=C/C=C\CC[C@H]1O[C@H]2CC[C@@]3(C)O[C@H]4[C@@H](O)C[C@@]5(C)O[C@@H](CC/C=C(C)/C(C)=C/C(OC)OC)[C@@H](C)C[C@@H]5O[C@@H]4C[C@@H]3O[C@@H]2CC[C@@]1(C)O. The summed E-state index contributed by atoms with van der Waals surface area (Å²) in [5, 5.41) is 23.1. The minimum atomic E-state index is -0.924. The summed E-state index contributed by atoms with van der Waals surface area (Å²) in [5.74, 6) is 0.305. The van der Waals surface area contributed by atoms with Crippen molar-refractivity contribution in [2.75, 3.05) is 14.2 Å². The maximum absolute atomic E-state index is 11.8. The van der Waals surface area contributed by atoms with E-state index in [1.807, 2.05) is 19.1 Å². The zero-order chi connectivity index (χ0) is 36.3. The van der Waals surface area contributed by atoms with Gasteiger partial charge in [-0.15, -0.1) is 0 Å². The molecular formula is C41H66O9. The molecule has 5 heterocycles. The molecule has 0 aromatic carbocycles. The fraction of sp³-hybridized carbons (Fsp3) is 0.805. The Morgan fingerprint density at radius 2 is 1.56 bits per heavy atom. The molecule has 5 aliphatic heterocycles. The summed E-state index contributed by atoms with van der Waals surface area (Å²) in [6.45, 7) is 16.3. The predicted molar refractivity (Wildman–Crippen MR) is 194 cm³/mol. The Balaban J connectivity index is 1.24. The number of fused-ring (bicyclic) bond motifs is 4. The zero-order valence-electron chi connectivity index (χ0n) is 32.0. The van der Waals surface area contributed by atoms with Crippen LogP contribution >= 0.6 is 0 Å². The van der Waals surface area contributed by atoms with E-state index in [1.54, 1.807) is 20.3 Å². The van der Waals surface area contributed by atoms with E-state index in [1.165, 1.54) is 5.57 Å². The molecular weight excluding hydrogens is 636 g/mol. The lowest BCUT2D eigenvalue weighted by atomic mass is 9.79. The van der Waals surface area contributed by atoms with Crippen LogP contribution in [-0.2, 0) is 33.2 Å². The van der Waals surface area contributed by atoms with Crippen LogP contribution in [0.15, 0.2) is 48.1 Å². The van der Waals surface area contributed by atoms with Crippen molar-refractivity contribution in [2.24, 2.45) is 5.92 Å². The Labute approximate surface area is 301 Å². The minimum Gasteiger partial charge on any atom is -0.390 e. The normalized spacial score (nSPS) is 44.4. The van der Waals surface area contributed by atoms with Crippen molar-refractivity contribution >= 4 is 0 Å². The van der Waals surface area contributed by atoms with Crippen LogP contribution in [0.5, 0.6) is 0 Å². The first-order chi connectivity index (χ1) is 23.7. The third-order valence-corrected chi connectivity index (χ3v) is 12.4. The summed E-state index contributed by atoms with van der Waals surface area (Å²) in [4.78, 5) is 0. The molecule has 0 saturated carbocycles. The second kappa shape index (κ2) is 16.7. The van der Waals surface area contributed by atoms with E-state index in [0.29, 0.717) is 25.2 Å². The molecule has 5 fully saturated rings. The summed E-state index contributed by atoms with van der Waals surface area (Å²) in [6, 6.07) is 0. The number of methoxy groups -OCH3 is 2. The molecule has 0 spiro atoms. The van der Waals surface area contributed by atoms with Gasteiger partial charge in [-0.2, -0.15) is 0 Å². The molecule has 9 heteroatoms. The highest BCUT2D eigenvalue weighted by Gasteiger charge is 2.58. The Hall–Kier alpha value is -1.40. The van der Waals surface area contributed by atoms with Crippen LogP contribution < -0.4 is 0 Å². The number of allylic oxidation sites excluding steroid dienone is 6. The van der Waals surface area contributed by atoms with E-state index < -0.39 is 29.0 Å². The molecule has 284 valence electrons. The first kappa shape index (κ1) is 39.8. The van der Waals surface area contributed by atoms with E-state index in [0.717, 1.165) is 56.9 Å². The molecule has 5 saturated heterocycles. The lowest BCUT2D eigenvalue weighted by molar-refractivity contribution is -0.273. The zero-order valence-corrected chi connectivity index (χ0v) is 32.0. The summed E-state index contributed by atoms with van der Waals surface area (Å²) >= 11 is 0. The number of hydrogen-bond donors (Lipinski definition) is 2. The van der Waals surface area contributed by atoms with Gasteiger partial charge in [0.25, 0.3) is 0 Å². The standard InChI is InChI=1S/C41H66O9/c1-10-11-12-13-17-34-39(5,43)20-18-31-32(46-34)19-21-40(6)36(47-31)24-33-38(50-40)29(42)25-41(7)35(48-33)22-28(4)30(49-41)16-14-15-26(2)27(3)23-37(44-8)45-9/h10-12,15,23,28-38,42-43H,1,13-14,16-22,24-25H2,2-9H3/b12-11-,26-15+,27-23+/t28-,29-,30-,31+,32-,33+,34+,35-,36-,38-,39+,40+,41+/m0/s1. The number of rotatable bonds is 11. The quantitative estimate of drug-likeness (QED) is 0.176. The van der Waals surface area contributed by atoms with Crippen LogP contribution in [0.4, 0.5) is 0 Å². The molecule has 0 aromatic heterocycles. The predicted octanol–water partition coefficient (Wildman–Crippen LogP) is 6.90. The molecule has 5 aliphatic rings. The highest BCUT2D eigenvalue weighted by Crippen LogP contribution is 2.49. The summed E-state index contributed by atoms with van der Waals surface area (Å²) in [5.41, 5.74) is 0.199. The summed E-state index contributed by atoms with van der Waals surface area (Å²) in [7, 11) is 3.28. The number of aliphatic hydroxyl groups is 2. The van der Waals surface area contributed by atoms with Crippen molar-refractivity contribution < 1.29 is 43.4 Å². The Morgan fingerprint density at radius 3 is 2.28 bits per heavy atom. The molecule has 0 amide bonds. The number of hydrogen-bond acceptors (Lipinski definition) is 9. The highest BCUT2D eigenvalue weighted by atomic mass is 16.7. The van der Waals surface area contributed by atoms with Crippen molar-refractivity contribution in [3.63, 3.8) is 0 Å². The highest BCUT2D eigenvalue weighted by molar-refractivity contribution is 5.27. The van der Waals surface area contributed by atoms with Crippen molar-refractivity contribution in [3.8, 4) is 0 Å². The van der Waals surface area contributed by atoms with Crippen LogP contribution in [0.25, 0.3) is 0 Å². The molecule has 2 N–H and O–H groups in total. The molecule has 0 radical (unpaired) electrons. The first-order valence-electron chi connectivity index (χ1n) is 19.1. The van der Waals surface area contributed by atoms with Crippen LogP contribution in [0.1, 0.15) is 112 Å². The molecule has 0 unspecified atom stereocenters. The molecule has 0 aliphatic carbocycles. The summed E-state index contributed by atoms with van der Waals surface area (Å²) in [6.07, 6.45) is 15.5. The van der Waals surface area contributed by atoms with E-state index in [2.05, 4.69) is 53.3 Å². The van der Waals surface area contributed by atoms with Crippen molar-refractivity contribution in [1.82, 2.24) is 0 Å². The maximum Gasteiger partial charge on any atom is 0.176 e. The van der Waals surface area contributed by atoms with Crippen molar-refractivity contribution in [3.05, 3.63) is 48.1 Å². The fourth-order valence-electron chi connectivity index (χ4n) is 8.97. The number of aliphatic hydroxyl groups excluding tert-OH is 1. The van der Waals surface area contributed by atoms with Gasteiger partial charge in [0.2, 0.25) is 0 Å². The molecule has 0 bridgehead atoms. The molecule has 0 aromatic rings. The second-order valence-corrected chi connectivity index (χ2v) is 16.4. The van der Waals surface area contributed by atoms with Gasteiger partial charge < -0.3 is 43.4 Å². The Kier molecular flexibility index (Phi) is 13.3. The third kappa shape index (κ3) is 9.03. The minimum absolute atomic E-state index is 0.0605. The van der Waals surface area contributed by atoms with Crippen molar-refractivity contribution in [2.45, 2.75) is 190 Å². The van der Waals surface area contributed by atoms with Gasteiger partial charge in [0.15, 0.2) is 6.29 Å².